The van der Waals surface area contributed by atoms with Crippen LogP contribution in [-0.4, -0.2) is 31.1 Å². The number of carbonyl (C=O) groups is 2. The Bertz CT molecular complexity index is 786. The van der Waals surface area contributed by atoms with Gasteiger partial charge < -0.3 is 10.1 Å². The number of urea groups is 1. The lowest BCUT2D eigenvalue weighted by molar-refractivity contribution is -0.119. The quantitative estimate of drug-likeness (QED) is 0.596. The third-order valence-electron chi connectivity index (χ3n) is 4.28. The molecule has 0 bridgehead atoms. The van der Waals surface area contributed by atoms with Crippen molar-refractivity contribution in [1.82, 2.24) is 16.0 Å². The van der Waals surface area contributed by atoms with Gasteiger partial charge in [0.2, 0.25) is 5.91 Å². The molecule has 0 saturated carbocycles. The Labute approximate surface area is 168 Å². The molecule has 8 heteroatoms. The van der Waals surface area contributed by atoms with Gasteiger partial charge in [-0.05, 0) is 36.6 Å². The van der Waals surface area contributed by atoms with Crippen molar-refractivity contribution >= 4 is 11.9 Å². The van der Waals surface area contributed by atoms with E-state index in [1.54, 1.807) is 12.1 Å². The Morgan fingerprint density at radius 3 is 2.21 bits per heavy atom. The molecule has 0 spiro atoms. The summed E-state index contributed by atoms with van der Waals surface area (Å²) < 4.78 is 29.1. The van der Waals surface area contributed by atoms with E-state index in [-0.39, 0.29) is 24.4 Å². The largest absolute Gasteiger partial charge is 0.435 e. The minimum atomic E-state index is -2.89. The molecule has 156 valence electrons. The highest BCUT2D eigenvalue weighted by molar-refractivity contribution is 5.95. The average molecular weight is 405 g/mol. The molecule has 2 aromatic carbocycles. The second-order valence-electron chi connectivity index (χ2n) is 6.50. The Hall–Kier alpha value is -3.00. The first kappa shape index (κ1) is 22.3. The van der Waals surface area contributed by atoms with Crippen molar-refractivity contribution < 1.29 is 23.1 Å². The van der Waals surface area contributed by atoms with E-state index in [0.717, 1.165) is 17.5 Å². The smallest absolute Gasteiger partial charge is 0.387 e. The van der Waals surface area contributed by atoms with Crippen LogP contribution in [0, 0.1) is 0 Å². The molecule has 0 aliphatic rings. The number of hydrogen-bond donors (Lipinski definition) is 3. The summed E-state index contributed by atoms with van der Waals surface area (Å²) in [6.45, 7) is 0.767. The maximum Gasteiger partial charge on any atom is 0.387 e. The number of benzene rings is 2. The van der Waals surface area contributed by atoms with Crippen LogP contribution in [0.5, 0.6) is 5.75 Å². The van der Waals surface area contributed by atoms with Crippen molar-refractivity contribution in [1.29, 1.82) is 0 Å². The lowest BCUT2D eigenvalue weighted by Crippen LogP contribution is -2.46. The van der Waals surface area contributed by atoms with E-state index < -0.39 is 18.5 Å². The van der Waals surface area contributed by atoms with Gasteiger partial charge in [-0.2, -0.15) is 8.78 Å². The third-order valence-corrected chi connectivity index (χ3v) is 4.28. The van der Waals surface area contributed by atoms with Crippen molar-refractivity contribution in [3.63, 3.8) is 0 Å². The molecular weight excluding hydrogens is 380 g/mol. The van der Waals surface area contributed by atoms with Gasteiger partial charge in [-0.3, -0.25) is 15.4 Å². The fourth-order valence-electron chi connectivity index (χ4n) is 2.64. The molecule has 0 fully saturated rings. The van der Waals surface area contributed by atoms with E-state index in [0.29, 0.717) is 0 Å². The molecule has 2 rings (SSSR count). The van der Waals surface area contributed by atoms with Crippen LogP contribution >= 0.6 is 0 Å². The summed E-state index contributed by atoms with van der Waals surface area (Å²) in [6, 6.07) is 14.6. The number of carbonyl (C=O) groups excluding carboxylic acids is 2. The predicted octanol–water partition coefficient (Wildman–Crippen LogP) is 3.59. The molecule has 0 aromatic heterocycles. The van der Waals surface area contributed by atoms with E-state index in [9.17, 15) is 18.4 Å². The SMILES string of the molecule is CC[C@H](C)NC(=O)NC(=O)CN[C@H](c1ccccc1)c1ccc(OC(F)F)cc1. The van der Waals surface area contributed by atoms with Crippen LogP contribution in [0.1, 0.15) is 37.4 Å². The number of amides is 3. The summed E-state index contributed by atoms with van der Waals surface area (Å²) in [5.74, 6) is -0.431. The molecule has 2 aromatic rings. The summed E-state index contributed by atoms with van der Waals surface area (Å²) >= 11 is 0. The van der Waals surface area contributed by atoms with Crippen LogP contribution in [0.15, 0.2) is 54.6 Å². The van der Waals surface area contributed by atoms with Crippen molar-refractivity contribution in [2.45, 2.75) is 39.0 Å². The molecule has 0 heterocycles. The average Bonchev–Trinajstić information content (AvgIpc) is 2.69. The predicted molar refractivity (Wildman–Crippen MR) is 106 cm³/mol. The highest BCUT2D eigenvalue weighted by atomic mass is 19.3. The molecule has 0 saturated heterocycles. The van der Waals surface area contributed by atoms with E-state index in [4.69, 9.17) is 0 Å². The van der Waals surface area contributed by atoms with Gasteiger partial charge in [-0.15, -0.1) is 0 Å². The lowest BCUT2D eigenvalue weighted by atomic mass is 9.98. The van der Waals surface area contributed by atoms with Gasteiger partial charge in [0.25, 0.3) is 0 Å². The summed E-state index contributed by atoms with van der Waals surface area (Å²) in [5.41, 5.74) is 1.64. The molecule has 0 aliphatic heterocycles. The zero-order valence-electron chi connectivity index (χ0n) is 16.3. The molecule has 2 atom stereocenters. The van der Waals surface area contributed by atoms with Gasteiger partial charge in [0.15, 0.2) is 0 Å². The highest BCUT2D eigenvalue weighted by Crippen LogP contribution is 2.24. The van der Waals surface area contributed by atoms with Crippen LogP contribution in [0.2, 0.25) is 0 Å². The van der Waals surface area contributed by atoms with E-state index in [1.165, 1.54) is 12.1 Å². The van der Waals surface area contributed by atoms with E-state index in [2.05, 4.69) is 20.7 Å². The summed E-state index contributed by atoms with van der Waals surface area (Å²) in [6.07, 6.45) is 0.751. The lowest BCUT2D eigenvalue weighted by Gasteiger charge is -2.20. The molecule has 29 heavy (non-hydrogen) atoms. The Balaban J connectivity index is 2.06. The Morgan fingerprint density at radius 2 is 1.62 bits per heavy atom. The molecular formula is C21H25F2N3O3. The van der Waals surface area contributed by atoms with Crippen molar-refractivity contribution in [2.75, 3.05) is 6.54 Å². The number of hydrogen-bond acceptors (Lipinski definition) is 4. The molecule has 3 amide bonds. The fraction of sp³-hybridized carbons (Fsp3) is 0.333. The first-order chi connectivity index (χ1) is 13.9. The highest BCUT2D eigenvalue weighted by Gasteiger charge is 2.17. The van der Waals surface area contributed by atoms with Gasteiger partial charge in [0.1, 0.15) is 5.75 Å². The maximum atomic E-state index is 12.3. The van der Waals surface area contributed by atoms with E-state index in [1.807, 2.05) is 44.2 Å². The Morgan fingerprint density at radius 1 is 1.00 bits per heavy atom. The van der Waals surface area contributed by atoms with Crippen LogP contribution in [-0.2, 0) is 4.79 Å². The minimum absolute atomic E-state index is 0.0400. The van der Waals surface area contributed by atoms with Gasteiger partial charge in [-0.1, -0.05) is 49.4 Å². The van der Waals surface area contributed by atoms with Gasteiger partial charge in [0, 0.05) is 6.04 Å². The number of imide groups is 1. The first-order valence-corrected chi connectivity index (χ1v) is 9.32. The third kappa shape index (κ3) is 7.50. The van der Waals surface area contributed by atoms with Crippen molar-refractivity contribution in [2.24, 2.45) is 0 Å². The summed E-state index contributed by atoms with van der Waals surface area (Å²) in [5, 5.41) is 8.04. The van der Waals surface area contributed by atoms with Gasteiger partial charge in [-0.25, -0.2) is 4.79 Å². The van der Waals surface area contributed by atoms with Crippen LogP contribution < -0.4 is 20.7 Å². The van der Waals surface area contributed by atoms with Crippen LogP contribution in [0.3, 0.4) is 0 Å². The van der Waals surface area contributed by atoms with E-state index >= 15 is 0 Å². The number of ether oxygens (including phenoxy) is 1. The van der Waals surface area contributed by atoms with Gasteiger partial charge in [0.05, 0.1) is 12.6 Å². The monoisotopic (exact) mass is 405 g/mol. The number of nitrogens with one attached hydrogen (secondary N) is 3. The molecule has 0 unspecified atom stereocenters. The maximum absolute atomic E-state index is 12.3. The second-order valence-corrected chi connectivity index (χ2v) is 6.50. The topological polar surface area (TPSA) is 79.5 Å². The van der Waals surface area contributed by atoms with Crippen molar-refractivity contribution in [3.05, 3.63) is 65.7 Å². The number of alkyl halides is 2. The summed E-state index contributed by atoms with van der Waals surface area (Å²) in [4.78, 5) is 23.9. The summed E-state index contributed by atoms with van der Waals surface area (Å²) in [7, 11) is 0. The first-order valence-electron chi connectivity index (χ1n) is 9.32. The van der Waals surface area contributed by atoms with Crippen LogP contribution in [0.25, 0.3) is 0 Å². The zero-order chi connectivity index (χ0) is 21.2. The molecule has 0 aliphatic carbocycles. The number of halogens is 2. The second kappa shape index (κ2) is 11.1. The number of rotatable bonds is 9. The standard InChI is InChI=1S/C21H25F2N3O3/c1-3-14(2)25-21(28)26-18(27)13-24-19(15-7-5-4-6-8-15)16-9-11-17(12-10-16)29-20(22)23/h4-12,14,19-20,24H,3,13H2,1-2H3,(H2,25,26,27,28)/t14-,19+/m0/s1. The van der Waals surface area contributed by atoms with Crippen molar-refractivity contribution in [3.8, 4) is 5.75 Å². The van der Waals surface area contributed by atoms with Gasteiger partial charge >= 0.3 is 12.6 Å². The minimum Gasteiger partial charge on any atom is -0.435 e. The molecule has 0 radical (unpaired) electrons. The molecule has 6 nitrogen and oxygen atoms in total. The Kier molecular flexibility index (Phi) is 8.54. The van der Waals surface area contributed by atoms with Crippen LogP contribution in [0.4, 0.5) is 13.6 Å². The normalized spacial score (nSPS) is 12.9. The zero-order valence-corrected chi connectivity index (χ0v) is 16.3. The molecule has 3 N–H and O–H groups in total. The fourth-order valence-corrected chi connectivity index (χ4v) is 2.64.